The molecular formula is C9H24N4. The molecule has 4 nitrogen and oxygen atoms in total. The zero-order valence-corrected chi connectivity index (χ0v) is 9.06. The highest BCUT2D eigenvalue weighted by Crippen LogP contribution is 2.04. The summed E-state index contributed by atoms with van der Waals surface area (Å²) in [5.74, 6) is 0.546. The second-order valence-corrected chi connectivity index (χ2v) is 3.43. The predicted octanol–water partition coefficient (Wildman–Crippen LogP) is -1.02. The van der Waals surface area contributed by atoms with Gasteiger partial charge in [0.15, 0.2) is 0 Å². The van der Waals surface area contributed by atoms with Crippen molar-refractivity contribution in [2.75, 3.05) is 40.8 Å². The molecule has 0 fully saturated rings. The summed E-state index contributed by atoms with van der Waals surface area (Å²) >= 11 is 0. The molecule has 0 saturated carbocycles. The van der Waals surface area contributed by atoms with Gasteiger partial charge in [0, 0.05) is 12.6 Å². The molecule has 0 bridgehead atoms. The van der Waals surface area contributed by atoms with Gasteiger partial charge >= 0.3 is 0 Å². The molecule has 0 aliphatic rings. The second kappa shape index (κ2) is 8.44. The van der Waals surface area contributed by atoms with E-state index in [1.165, 1.54) is 0 Å². The molecule has 0 aliphatic carbocycles. The van der Waals surface area contributed by atoms with E-state index in [1.807, 2.05) is 21.1 Å². The minimum atomic E-state index is 0.241. The lowest BCUT2D eigenvalue weighted by Gasteiger charge is -2.23. The number of nitrogens with one attached hydrogen (secondary N) is 3. The molecule has 5 N–H and O–H groups in total. The first-order chi connectivity index (χ1) is 6.26. The van der Waals surface area contributed by atoms with Crippen LogP contribution in [-0.4, -0.2) is 46.8 Å². The standard InChI is InChI=1S/C9H24N4/c1-11-5-4-8(6-12-2)9(10)7-13-3/h8-9,11-13H,4-7,10H2,1-3H3. The third kappa shape index (κ3) is 5.99. The fourth-order valence-corrected chi connectivity index (χ4v) is 1.46. The lowest BCUT2D eigenvalue weighted by Crippen LogP contribution is -2.43. The van der Waals surface area contributed by atoms with Crippen LogP contribution in [0, 0.1) is 5.92 Å². The highest BCUT2D eigenvalue weighted by atomic mass is 14.9. The lowest BCUT2D eigenvalue weighted by molar-refractivity contribution is 0.370. The van der Waals surface area contributed by atoms with E-state index in [1.54, 1.807) is 0 Å². The average Bonchev–Trinajstić information content (AvgIpc) is 2.12. The molecule has 4 heteroatoms. The van der Waals surface area contributed by atoms with Crippen LogP contribution in [0.1, 0.15) is 6.42 Å². The van der Waals surface area contributed by atoms with Gasteiger partial charge in [-0.1, -0.05) is 0 Å². The highest BCUT2D eigenvalue weighted by molar-refractivity contribution is 4.76. The third-order valence-corrected chi connectivity index (χ3v) is 2.28. The van der Waals surface area contributed by atoms with Crippen LogP contribution in [0.3, 0.4) is 0 Å². The Morgan fingerprint density at radius 2 is 1.62 bits per heavy atom. The molecule has 0 aromatic rings. The monoisotopic (exact) mass is 188 g/mol. The number of rotatable bonds is 8. The molecule has 0 amide bonds. The van der Waals surface area contributed by atoms with Crippen molar-refractivity contribution in [3.8, 4) is 0 Å². The number of nitrogens with two attached hydrogens (primary N) is 1. The molecular weight excluding hydrogens is 164 g/mol. The molecule has 0 radical (unpaired) electrons. The van der Waals surface area contributed by atoms with E-state index in [0.717, 1.165) is 26.1 Å². The van der Waals surface area contributed by atoms with E-state index in [9.17, 15) is 0 Å². The van der Waals surface area contributed by atoms with Crippen LogP contribution in [0.2, 0.25) is 0 Å². The van der Waals surface area contributed by atoms with Crippen LogP contribution in [0.25, 0.3) is 0 Å². The summed E-state index contributed by atoms with van der Waals surface area (Å²) in [4.78, 5) is 0. The van der Waals surface area contributed by atoms with Crippen molar-refractivity contribution in [3.63, 3.8) is 0 Å². The minimum absolute atomic E-state index is 0.241. The molecule has 2 atom stereocenters. The second-order valence-electron chi connectivity index (χ2n) is 3.43. The van der Waals surface area contributed by atoms with Gasteiger partial charge < -0.3 is 21.7 Å². The van der Waals surface area contributed by atoms with E-state index in [2.05, 4.69) is 16.0 Å². The third-order valence-electron chi connectivity index (χ3n) is 2.28. The zero-order valence-electron chi connectivity index (χ0n) is 9.06. The van der Waals surface area contributed by atoms with Crippen LogP contribution < -0.4 is 21.7 Å². The molecule has 13 heavy (non-hydrogen) atoms. The molecule has 80 valence electrons. The first-order valence-electron chi connectivity index (χ1n) is 4.95. The molecule has 0 saturated heterocycles. The first-order valence-corrected chi connectivity index (χ1v) is 4.95. The van der Waals surface area contributed by atoms with Gasteiger partial charge in [0.05, 0.1) is 0 Å². The number of hydrogen-bond acceptors (Lipinski definition) is 4. The van der Waals surface area contributed by atoms with Gasteiger partial charge in [0.1, 0.15) is 0 Å². The van der Waals surface area contributed by atoms with Gasteiger partial charge in [-0.15, -0.1) is 0 Å². The normalized spacial score (nSPS) is 15.7. The van der Waals surface area contributed by atoms with Crippen LogP contribution >= 0.6 is 0 Å². The minimum Gasteiger partial charge on any atom is -0.326 e. The van der Waals surface area contributed by atoms with E-state index in [0.29, 0.717) is 5.92 Å². The Kier molecular flexibility index (Phi) is 8.33. The van der Waals surface area contributed by atoms with Crippen molar-refractivity contribution >= 4 is 0 Å². The summed E-state index contributed by atoms with van der Waals surface area (Å²) in [5.41, 5.74) is 6.03. The van der Waals surface area contributed by atoms with E-state index < -0.39 is 0 Å². The van der Waals surface area contributed by atoms with Crippen molar-refractivity contribution in [2.45, 2.75) is 12.5 Å². The Bertz CT molecular complexity index is 108. The van der Waals surface area contributed by atoms with Crippen molar-refractivity contribution in [3.05, 3.63) is 0 Å². The molecule has 2 unspecified atom stereocenters. The van der Waals surface area contributed by atoms with Crippen molar-refractivity contribution in [1.29, 1.82) is 0 Å². The van der Waals surface area contributed by atoms with Gasteiger partial charge in [-0.05, 0) is 46.6 Å². The van der Waals surface area contributed by atoms with Crippen LogP contribution in [0.5, 0.6) is 0 Å². The highest BCUT2D eigenvalue weighted by Gasteiger charge is 2.15. The molecule has 0 heterocycles. The summed E-state index contributed by atoms with van der Waals surface area (Å²) in [6.45, 7) is 2.91. The van der Waals surface area contributed by atoms with Crippen molar-refractivity contribution in [2.24, 2.45) is 11.7 Å². The van der Waals surface area contributed by atoms with Gasteiger partial charge in [0.25, 0.3) is 0 Å². The molecule has 0 aromatic carbocycles. The zero-order chi connectivity index (χ0) is 10.1. The summed E-state index contributed by atoms with van der Waals surface area (Å²) in [7, 11) is 5.88. The maximum absolute atomic E-state index is 6.03. The maximum atomic E-state index is 6.03. The topological polar surface area (TPSA) is 62.1 Å². The molecule has 0 aliphatic heterocycles. The van der Waals surface area contributed by atoms with E-state index >= 15 is 0 Å². The smallest absolute Gasteiger partial charge is 0.0206 e. The molecule has 0 aromatic heterocycles. The predicted molar refractivity (Wildman–Crippen MR) is 57.9 cm³/mol. The summed E-state index contributed by atoms with van der Waals surface area (Å²) in [5, 5.41) is 9.44. The van der Waals surface area contributed by atoms with Crippen LogP contribution in [0.4, 0.5) is 0 Å². The number of hydrogen-bond donors (Lipinski definition) is 4. The summed E-state index contributed by atoms with van der Waals surface area (Å²) in [6, 6.07) is 0.241. The maximum Gasteiger partial charge on any atom is 0.0206 e. The van der Waals surface area contributed by atoms with E-state index in [4.69, 9.17) is 5.73 Å². The Morgan fingerprint density at radius 1 is 1.00 bits per heavy atom. The van der Waals surface area contributed by atoms with E-state index in [-0.39, 0.29) is 6.04 Å². The Balaban J connectivity index is 3.75. The SMILES string of the molecule is CNCCC(CNC)C(N)CNC. The van der Waals surface area contributed by atoms with Crippen molar-refractivity contribution in [1.82, 2.24) is 16.0 Å². The van der Waals surface area contributed by atoms with Crippen LogP contribution in [0.15, 0.2) is 0 Å². The number of likely N-dealkylation sites (N-methyl/N-ethyl adjacent to an activating group) is 1. The first kappa shape index (κ1) is 12.8. The fourth-order valence-electron chi connectivity index (χ4n) is 1.46. The Hall–Kier alpha value is -0.160. The largest absolute Gasteiger partial charge is 0.326 e. The average molecular weight is 188 g/mol. The Morgan fingerprint density at radius 3 is 2.08 bits per heavy atom. The van der Waals surface area contributed by atoms with Gasteiger partial charge in [-0.25, -0.2) is 0 Å². The summed E-state index contributed by atoms with van der Waals surface area (Å²) in [6.07, 6.45) is 1.13. The quantitative estimate of drug-likeness (QED) is 0.394. The summed E-state index contributed by atoms with van der Waals surface area (Å²) < 4.78 is 0. The van der Waals surface area contributed by atoms with Crippen LogP contribution in [-0.2, 0) is 0 Å². The van der Waals surface area contributed by atoms with Gasteiger partial charge in [-0.3, -0.25) is 0 Å². The lowest BCUT2D eigenvalue weighted by atomic mass is 9.96. The van der Waals surface area contributed by atoms with Gasteiger partial charge in [0.2, 0.25) is 0 Å². The molecule has 0 spiro atoms. The molecule has 0 rings (SSSR count). The Labute approximate surface area is 81.6 Å². The fraction of sp³-hybridized carbons (Fsp3) is 1.00. The van der Waals surface area contributed by atoms with Crippen molar-refractivity contribution < 1.29 is 0 Å². The van der Waals surface area contributed by atoms with Gasteiger partial charge in [-0.2, -0.15) is 0 Å².